The summed E-state index contributed by atoms with van der Waals surface area (Å²) in [5.74, 6) is -0.0368. The lowest BCUT2D eigenvalue weighted by molar-refractivity contribution is -0.123. The third-order valence-corrected chi connectivity index (χ3v) is 4.15. The summed E-state index contributed by atoms with van der Waals surface area (Å²) in [5, 5.41) is 3.02. The topological polar surface area (TPSA) is 45.2 Å². The van der Waals surface area contributed by atoms with Crippen molar-refractivity contribution in [3.63, 3.8) is 0 Å². The molecule has 0 aromatic carbocycles. The normalized spacial score (nSPS) is 12.2. The van der Waals surface area contributed by atoms with Crippen LogP contribution in [-0.2, 0) is 10.3 Å². The Hall–Kier alpha value is -1.14. The van der Waals surface area contributed by atoms with Crippen molar-refractivity contribution in [3.8, 4) is 0 Å². The summed E-state index contributed by atoms with van der Waals surface area (Å²) in [6.45, 7) is 13.9. The first kappa shape index (κ1) is 19.9. The van der Waals surface area contributed by atoms with Crippen LogP contribution in [0.5, 0.6) is 0 Å². The number of carbonyl (C=O) groups is 1. The molecule has 0 radical (unpaired) electrons. The van der Waals surface area contributed by atoms with E-state index in [2.05, 4.69) is 50.6 Å². The highest BCUT2D eigenvalue weighted by Crippen LogP contribution is 2.35. The second kappa shape index (κ2) is 7.18. The zero-order valence-electron chi connectivity index (χ0n) is 15.0. The van der Waals surface area contributed by atoms with Gasteiger partial charge in [-0.3, -0.25) is 9.78 Å². The van der Waals surface area contributed by atoms with E-state index in [0.29, 0.717) is 4.32 Å². The molecule has 0 aliphatic heterocycles. The Morgan fingerprint density at radius 3 is 2.30 bits per heavy atom. The number of thiol groups is 1. The quantitative estimate of drug-likeness (QED) is 0.628. The molecule has 0 aliphatic carbocycles. The number of hydrogen-bond acceptors (Lipinski definition) is 3. The van der Waals surface area contributed by atoms with E-state index >= 15 is 0 Å². The van der Waals surface area contributed by atoms with Gasteiger partial charge in [0.25, 0.3) is 0 Å². The second-order valence-electron chi connectivity index (χ2n) is 7.43. The van der Waals surface area contributed by atoms with Gasteiger partial charge in [0.1, 0.15) is 4.32 Å². The summed E-state index contributed by atoms with van der Waals surface area (Å²) in [4.78, 5) is 18.6. The van der Waals surface area contributed by atoms with Gasteiger partial charge < -0.3 is 10.2 Å². The molecule has 1 N–H and O–H groups in total. The maximum Gasteiger partial charge on any atom is 0.229 e. The summed E-state index contributed by atoms with van der Waals surface area (Å²) in [6.07, 6.45) is 3.45. The van der Waals surface area contributed by atoms with Crippen molar-refractivity contribution in [1.82, 2.24) is 9.88 Å². The van der Waals surface area contributed by atoms with Gasteiger partial charge in [-0.2, -0.15) is 0 Å². The molecule has 23 heavy (non-hydrogen) atoms. The van der Waals surface area contributed by atoms with E-state index in [1.807, 2.05) is 31.7 Å². The molecule has 4 nitrogen and oxygen atoms in total. The molecule has 0 aliphatic rings. The van der Waals surface area contributed by atoms with Crippen LogP contribution in [0.1, 0.15) is 54.0 Å². The number of rotatable bonds is 4. The summed E-state index contributed by atoms with van der Waals surface area (Å²) < 4.78 is 0.516. The number of pyridine rings is 1. The highest BCUT2D eigenvalue weighted by Gasteiger charge is 2.34. The van der Waals surface area contributed by atoms with Crippen LogP contribution in [0.4, 0.5) is 5.69 Å². The average molecular weight is 354 g/mol. The molecule has 1 aromatic heterocycles. The number of nitrogens with zero attached hydrogens (tertiary/aromatic N) is 2. The Labute approximate surface area is 150 Å². The lowest BCUT2D eigenvalue weighted by atomic mass is 9.90. The Balaban J connectivity index is 3.32. The van der Waals surface area contributed by atoms with Crippen LogP contribution in [0.15, 0.2) is 18.5 Å². The molecule has 0 saturated heterocycles. The molecule has 0 saturated carbocycles. The minimum Gasteiger partial charge on any atom is -0.346 e. The third-order valence-electron chi connectivity index (χ3n) is 3.73. The number of nitrogens with one attached hydrogen (secondary N) is 1. The molecule has 0 spiro atoms. The smallest absolute Gasteiger partial charge is 0.229 e. The fourth-order valence-corrected chi connectivity index (χ4v) is 3.46. The lowest BCUT2D eigenvalue weighted by Crippen LogP contribution is -2.47. The monoisotopic (exact) mass is 353 g/mol. The molecule has 0 fully saturated rings. The maximum absolute atomic E-state index is 12.4. The van der Waals surface area contributed by atoms with Crippen LogP contribution in [-0.4, -0.2) is 26.2 Å². The minimum atomic E-state index is -0.471. The summed E-state index contributed by atoms with van der Waals surface area (Å²) in [7, 11) is 0. The summed E-state index contributed by atoms with van der Waals surface area (Å²) in [5.41, 5.74) is 0.728. The highest BCUT2D eigenvalue weighted by atomic mass is 32.1. The lowest BCUT2D eigenvalue weighted by Gasteiger charge is -2.43. The third kappa shape index (κ3) is 4.67. The zero-order valence-corrected chi connectivity index (χ0v) is 16.7. The SMILES string of the molecule is CC(C)N(C(=S)S)C(C)(C)c1cnccc1NC(=O)C(C)(C)C. The number of amides is 1. The maximum atomic E-state index is 12.4. The van der Waals surface area contributed by atoms with Gasteiger partial charge in [-0.05, 0) is 33.8 Å². The standard InChI is InChI=1S/C17H27N3OS2/c1-11(2)20(15(22)23)17(6,7)12-10-18-9-8-13(12)19-14(21)16(3,4)5/h8-11H,1-7H3,(H,22,23)(H,18,19,21). The Kier molecular flexibility index (Phi) is 6.21. The molecule has 1 amide bonds. The van der Waals surface area contributed by atoms with Gasteiger partial charge in [-0.25, -0.2) is 0 Å². The molecule has 0 bridgehead atoms. The fourth-order valence-electron chi connectivity index (χ4n) is 2.54. The van der Waals surface area contributed by atoms with E-state index in [4.69, 9.17) is 12.2 Å². The van der Waals surface area contributed by atoms with Crippen LogP contribution >= 0.6 is 24.8 Å². The molecule has 1 aromatic rings. The van der Waals surface area contributed by atoms with Crippen LogP contribution in [0, 0.1) is 5.41 Å². The Bertz CT molecular complexity index is 592. The Morgan fingerprint density at radius 1 is 1.30 bits per heavy atom. The van der Waals surface area contributed by atoms with Crippen molar-refractivity contribution in [2.45, 2.75) is 60.0 Å². The number of carbonyl (C=O) groups excluding carboxylic acids is 1. The summed E-state index contributed by atoms with van der Waals surface area (Å²) in [6, 6.07) is 1.99. The first-order valence-electron chi connectivity index (χ1n) is 7.67. The van der Waals surface area contributed by atoms with E-state index in [-0.39, 0.29) is 11.9 Å². The molecule has 0 atom stereocenters. The summed E-state index contributed by atoms with van der Waals surface area (Å²) >= 11 is 9.69. The molecule has 1 rings (SSSR count). The van der Waals surface area contributed by atoms with Crippen LogP contribution in [0.2, 0.25) is 0 Å². The molecule has 128 valence electrons. The van der Waals surface area contributed by atoms with E-state index < -0.39 is 11.0 Å². The molecular formula is C17H27N3OS2. The van der Waals surface area contributed by atoms with Crippen LogP contribution in [0.25, 0.3) is 0 Å². The van der Waals surface area contributed by atoms with Crippen molar-refractivity contribution in [3.05, 3.63) is 24.0 Å². The number of aromatic nitrogens is 1. The van der Waals surface area contributed by atoms with Crippen molar-refractivity contribution in [2.75, 3.05) is 5.32 Å². The van der Waals surface area contributed by atoms with Gasteiger partial charge in [0.2, 0.25) is 5.91 Å². The van der Waals surface area contributed by atoms with Crippen molar-refractivity contribution < 1.29 is 4.79 Å². The zero-order chi connectivity index (χ0) is 18.0. The van der Waals surface area contributed by atoms with Crippen LogP contribution in [0.3, 0.4) is 0 Å². The number of anilines is 1. The number of hydrogen-bond donors (Lipinski definition) is 2. The first-order valence-corrected chi connectivity index (χ1v) is 8.52. The van der Waals surface area contributed by atoms with Crippen molar-refractivity contribution >= 4 is 40.8 Å². The van der Waals surface area contributed by atoms with Gasteiger partial charge in [-0.15, -0.1) is 12.6 Å². The van der Waals surface area contributed by atoms with Gasteiger partial charge in [-0.1, -0.05) is 33.0 Å². The fraction of sp³-hybridized carbons (Fsp3) is 0.588. The van der Waals surface area contributed by atoms with E-state index in [9.17, 15) is 4.79 Å². The number of thiocarbonyl (C=S) groups is 1. The van der Waals surface area contributed by atoms with Gasteiger partial charge in [0.05, 0.1) is 5.54 Å². The van der Waals surface area contributed by atoms with Gasteiger partial charge in [0.15, 0.2) is 0 Å². The van der Waals surface area contributed by atoms with E-state index in [1.165, 1.54) is 0 Å². The molecule has 1 heterocycles. The molecule has 6 heteroatoms. The molecular weight excluding hydrogens is 326 g/mol. The minimum absolute atomic E-state index is 0.0368. The van der Waals surface area contributed by atoms with Gasteiger partial charge >= 0.3 is 0 Å². The van der Waals surface area contributed by atoms with E-state index in [0.717, 1.165) is 11.3 Å². The van der Waals surface area contributed by atoms with E-state index in [1.54, 1.807) is 12.4 Å². The predicted octanol–water partition coefficient (Wildman–Crippen LogP) is 4.23. The second-order valence-corrected chi connectivity index (χ2v) is 8.54. The molecule has 0 unspecified atom stereocenters. The highest BCUT2D eigenvalue weighted by molar-refractivity contribution is 8.10. The van der Waals surface area contributed by atoms with Gasteiger partial charge in [0, 0.05) is 35.1 Å². The van der Waals surface area contributed by atoms with Crippen molar-refractivity contribution in [2.24, 2.45) is 5.41 Å². The predicted molar refractivity (Wildman–Crippen MR) is 104 cm³/mol. The van der Waals surface area contributed by atoms with Crippen LogP contribution < -0.4 is 5.32 Å². The first-order chi connectivity index (χ1) is 10.4. The Morgan fingerprint density at radius 2 is 1.87 bits per heavy atom. The van der Waals surface area contributed by atoms with Crippen molar-refractivity contribution in [1.29, 1.82) is 0 Å². The average Bonchev–Trinajstić information content (AvgIpc) is 2.36. The largest absolute Gasteiger partial charge is 0.346 e.